The van der Waals surface area contributed by atoms with E-state index in [1.807, 2.05) is 59.5 Å². The fourth-order valence-electron chi connectivity index (χ4n) is 4.33. The van der Waals surface area contributed by atoms with Gasteiger partial charge in [-0.2, -0.15) is 0 Å². The van der Waals surface area contributed by atoms with Crippen molar-refractivity contribution in [2.75, 3.05) is 23.4 Å². The highest BCUT2D eigenvalue weighted by Crippen LogP contribution is 2.37. The van der Waals surface area contributed by atoms with Crippen LogP contribution in [-0.2, 0) is 22.4 Å². The summed E-state index contributed by atoms with van der Waals surface area (Å²) in [5, 5.41) is 5.18. The second kappa shape index (κ2) is 7.24. The zero-order valence-electron chi connectivity index (χ0n) is 16.1. The van der Waals surface area contributed by atoms with Crippen LogP contribution in [0.15, 0.2) is 54.6 Å². The molecule has 2 amide bonds. The minimum atomic E-state index is -0.190. The van der Waals surface area contributed by atoms with E-state index in [1.165, 1.54) is 0 Å². The van der Waals surface area contributed by atoms with E-state index in [0.29, 0.717) is 12.2 Å². The van der Waals surface area contributed by atoms with E-state index in [4.69, 9.17) is 4.74 Å². The largest absolute Gasteiger partial charge is 0.484 e. The Balaban J connectivity index is 1.29. The van der Waals surface area contributed by atoms with Gasteiger partial charge in [0.2, 0.25) is 5.91 Å². The number of hydrogen-bond acceptors (Lipinski definition) is 3. The molecule has 5 nitrogen and oxygen atoms in total. The predicted octanol–water partition coefficient (Wildman–Crippen LogP) is 4.08. The quantitative estimate of drug-likeness (QED) is 0.735. The van der Waals surface area contributed by atoms with Crippen molar-refractivity contribution in [1.82, 2.24) is 0 Å². The number of aryl methyl sites for hydroxylation is 2. The first-order valence-electron chi connectivity index (χ1n) is 10.0. The molecule has 1 N–H and O–H groups in total. The molecule has 0 spiro atoms. The number of amides is 2. The van der Waals surface area contributed by atoms with E-state index in [2.05, 4.69) is 5.32 Å². The summed E-state index contributed by atoms with van der Waals surface area (Å²) in [6.07, 6.45) is 3.16. The Morgan fingerprint density at radius 2 is 1.76 bits per heavy atom. The summed E-state index contributed by atoms with van der Waals surface area (Å²) in [6, 6.07) is 17.9. The summed E-state index contributed by atoms with van der Waals surface area (Å²) >= 11 is 0. The third-order valence-electron chi connectivity index (χ3n) is 5.65. The summed E-state index contributed by atoms with van der Waals surface area (Å²) in [5.41, 5.74) is 4.14. The van der Waals surface area contributed by atoms with Crippen LogP contribution in [0.2, 0.25) is 0 Å². The van der Waals surface area contributed by atoms with Crippen LogP contribution in [0.1, 0.15) is 24.0 Å². The van der Waals surface area contributed by atoms with Crippen molar-refractivity contribution in [3.8, 4) is 5.75 Å². The minimum absolute atomic E-state index is 0.0463. The molecule has 5 rings (SSSR count). The zero-order chi connectivity index (χ0) is 19.8. The number of carbonyl (C=O) groups excluding carboxylic acids is 2. The monoisotopic (exact) mass is 386 g/mol. The van der Waals surface area contributed by atoms with Crippen molar-refractivity contribution in [2.24, 2.45) is 0 Å². The lowest BCUT2D eigenvalue weighted by Gasteiger charge is -2.35. The number of benzene rings is 3. The van der Waals surface area contributed by atoms with Crippen molar-refractivity contribution in [2.45, 2.75) is 25.7 Å². The van der Waals surface area contributed by atoms with Gasteiger partial charge in [0.05, 0.1) is 5.69 Å². The van der Waals surface area contributed by atoms with Gasteiger partial charge in [-0.25, -0.2) is 0 Å². The molecular formula is C24H22N2O3. The van der Waals surface area contributed by atoms with E-state index in [9.17, 15) is 9.59 Å². The van der Waals surface area contributed by atoms with Gasteiger partial charge in [-0.05, 0) is 65.4 Å². The molecule has 0 unspecified atom stereocenters. The summed E-state index contributed by atoms with van der Waals surface area (Å²) in [4.78, 5) is 26.5. The number of nitrogens with zero attached hydrogens (tertiary/aromatic N) is 1. The molecule has 3 aromatic carbocycles. The number of nitrogens with one attached hydrogen (secondary N) is 1. The summed E-state index contributed by atoms with van der Waals surface area (Å²) in [5.74, 6) is 0.692. The SMILES string of the molecule is O=C(COc1ccc2ccccc2c1)Nc1cc2c3c(c1)CCC(=O)N3CCC2. The maximum absolute atomic E-state index is 12.4. The number of ether oxygens (including phenoxy) is 1. The van der Waals surface area contributed by atoms with Crippen LogP contribution < -0.4 is 15.0 Å². The normalized spacial score (nSPS) is 15.2. The Labute approximate surface area is 169 Å². The summed E-state index contributed by atoms with van der Waals surface area (Å²) < 4.78 is 5.69. The molecule has 0 saturated heterocycles. The second-order valence-electron chi connectivity index (χ2n) is 7.64. The van der Waals surface area contributed by atoms with Crippen molar-refractivity contribution >= 4 is 34.0 Å². The van der Waals surface area contributed by atoms with Gasteiger partial charge in [-0.15, -0.1) is 0 Å². The van der Waals surface area contributed by atoms with Crippen LogP contribution in [0, 0.1) is 0 Å². The molecule has 0 saturated carbocycles. The molecule has 146 valence electrons. The molecule has 2 aliphatic heterocycles. The van der Waals surface area contributed by atoms with Gasteiger partial charge in [0, 0.05) is 18.7 Å². The third-order valence-corrected chi connectivity index (χ3v) is 5.65. The molecule has 0 aromatic heterocycles. The first kappa shape index (κ1) is 17.7. The molecule has 0 radical (unpaired) electrons. The number of fused-ring (bicyclic) bond motifs is 1. The topological polar surface area (TPSA) is 58.6 Å². The molecule has 0 atom stereocenters. The number of carbonyl (C=O) groups is 2. The lowest BCUT2D eigenvalue weighted by molar-refractivity contribution is -0.119. The highest BCUT2D eigenvalue weighted by molar-refractivity contribution is 5.99. The van der Waals surface area contributed by atoms with Crippen molar-refractivity contribution in [1.29, 1.82) is 0 Å². The Morgan fingerprint density at radius 1 is 0.966 bits per heavy atom. The van der Waals surface area contributed by atoms with Gasteiger partial charge in [-0.3, -0.25) is 9.59 Å². The number of anilines is 2. The lowest BCUT2D eigenvalue weighted by Crippen LogP contribution is -2.39. The van der Waals surface area contributed by atoms with Crippen LogP contribution >= 0.6 is 0 Å². The molecular weight excluding hydrogens is 364 g/mol. The van der Waals surface area contributed by atoms with E-state index < -0.39 is 0 Å². The summed E-state index contributed by atoms with van der Waals surface area (Å²) in [6.45, 7) is 0.750. The van der Waals surface area contributed by atoms with E-state index in [0.717, 1.165) is 59.1 Å². The fraction of sp³-hybridized carbons (Fsp3) is 0.250. The van der Waals surface area contributed by atoms with E-state index in [-0.39, 0.29) is 18.4 Å². The number of rotatable bonds is 4. The van der Waals surface area contributed by atoms with Crippen LogP contribution in [0.4, 0.5) is 11.4 Å². The van der Waals surface area contributed by atoms with Gasteiger partial charge in [0.1, 0.15) is 5.75 Å². The Bertz CT molecular complexity index is 1110. The maximum atomic E-state index is 12.4. The minimum Gasteiger partial charge on any atom is -0.484 e. The van der Waals surface area contributed by atoms with Crippen molar-refractivity contribution in [3.05, 3.63) is 65.7 Å². The van der Waals surface area contributed by atoms with E-state index >= 15 is 0 Å². The van der Waals surface area contributed by atoms with Gasteiger partial charge in [-0.1, -0.05) is 30.3 Å². The molecule has 5 heteroatoms. The molecule has 0 aliphatic carbocycles. The van der Waals surface area contributed by atoms with Crippen LogP contribution in [0.25, 0.3) is 10.8 Å². The molecule has 29 heavy (non-hydrogen) atoms. The van der Waals surface area contributed by atoms with Gasteiger partial charge in [0.15, 0.2) is 6.61 Å². The third kappa shape index (κ3) is 3.44. The highest BCUT2D eigenvalue weighted by Gasteiger charge is 2.29. The predicted molar refractivity (Wildman–Crippen MR) is 114 cm³/mol. The summed E-state index contributed by atoms with van der Waals surface area (Å²) in [7, 11) is 0. The van der Waals surface area contributed by atoms with Gasteiger partial charge < -0.3 is 15.0 Å². The first-order valence-corrected chi connectivity index (χ1v) is 10.0. The highest BCUT2D eigenvalue weighted by atomic mass is 16.5. The first-order chi connectivity index (χ1) is 14.2. The van der Waals surface area contributed by atoms with Gasteiger partial charge >= 0.3 is 0 Å². The van der Waals surface area contributed by atoms with Crippen LogP contribution in [0.3, 0.4) is 0 Å². The van der Waals surface area contributed by atoms with Gasteiger partial charge in [0.25, 0.3) is 5.91 Å². The molecule has 2 aliphatic rings. The molecule has 3 aromatic rings. The Hall–Kier alpha value is -3.34. The Kier molecular flexibility index (Phi) is 4.43. The lowest BCUT2D eigenvalue weighted by atomic mass is 9.91. The number of hydrogen-bond donors (Lipinski definition) is 1. The van der Waals surface area contributed by atoms with Crippen molar-refractivity contribution < 1.29 is 14.3 Å². The van der Waals surface area contributed by atoms with Crippen LogP contribution in [-0.4, -0.2) is 25.0 Å². The average molecular weight is 386 g/mol. The average Bonchev–Trinajstić information content (AvgIpc) is 2.74. The second-order valence-corrected chi connectivity index (χ2v) is 7.64. The molecule has 0 bridgehead atoms. The smallest absolute Gasteiger partial charge is 0.262 e. The maximum Gasteiger partial charge on any atom is 0.262 e. The zero-order valence-corrected chi connectivity index (χ0v) is 16.1. The van der Waals surface area contributed by atoms with Crippen molar-refractivity contribution in [3.63, 3.8) is 0 Å². The fourth-order valence-corrected chi connectivity index (χ4v) is 4.33. The molecule has 0 fully saturated rings. The standard InChI is InChI=1S/C24H22N2O3/c27-22(15-29-21-9-7-16-4-1-2-5-17(16)14-21)25-20-12-18-6-3-11-26-23(28)10-8-19(13-20)24(18)26/h1-2,4-5,7,9,12-14H,3,6,8,10-11,15H2,(H,25,27). The Morgan fingerprint density at radius 3 is 2.62 bits per heavy atom. The molecule has 2 heterocycles. The van der Waals surface area contributed by atoms with E-state index in [1.54, 1.807) is 0 Å². The van der Waals surface area contributed by atoms with Crippen LogP contribution in [0.5, 0.6) is 5.75 Å².